The minimum atomic E-state index is -3.81. The zero-order valence-electron chi connectivity index (χ0n) is 19.1. The van der Waals surface area contributed by atoms with Gasteiger partial charge in [-0.25, -0.2) is 13.2 Å². The number of hydrogen-bond donors (Lipinski definition) is 0. The molecule has 3 rings (SSSR count). The molecule has 0 fully saturated rings. The second-order valence-electron chi connectivity index (χ2n) is 7.46. The molecule has 7 nitrogen and oxygen atoms in total. The summed E-state index contributed by atoms with van der Waals surface area (Å²) in [6.45, 7) is 2.14. The van der Waals surface area contributed by atoms with E-state index in [-0.39, 0.29) is 18.0 Å². The molecular weight excluding hydrogens is 442 g/mol. The van der Waals surface area contributed by atoms with Gasteiger partial charge in [0.25, 0.3) is 0 Å². The second-order valence-corrected chi connectivity index (χ2v) is 9.40. The van der Waals surface area contributed by atoms with Crippen LogP contribution in [0.1, 0.15) is 27.0 Å². The molecule has 0 atom stereocenters. The average Bonchev–Trinajstić information content (AvgIpc) is 2.83. The van der Waals surface area contributed by atoms with E-state index in [1.807, 2.05) is 6.92 Å². The molecule has 174 valence electrons. The molecule has 0 aromatic heterocycles. The van der Waals surface area contributed by atoms with E-state index in [4.69, 9.17) is 14.2 Å². The summed E-state index contributed by atoms with van der Waals surface area (Å²) >= 11 is 0. The molecular formula is C25H27NO6S. The highest BCUT2D eigenvalue weighted by Gasteiger charge is 2.25. The normalized spacial score (nSPS) is 11.3. The summed E-state index contributed by atoms with van der Waals surface area (Å²) in [5.74, 6) is 0.633. The Hall–Kier alpha value is -3.36. The molecule has 0 aliphatic heterocycles. The molecule has 0 radical (unpaired) electrons. The van der Waals surface area contributed by atoms with Gasteiger partial charge in [0.15, 0.2) is 11.5 Å². The van der Waals surface area contributed by atoms with Gasteiger partial charge >= 0.3 is 5.97 Å². The molecule has 0 saturated heterocycles. The SMILES string of the molecule is COC(=O)c1ccc(CN(Cc2ccc(OC)c(OC)c2)S(=O)(=O)c2ccc(C)cc2)cc1. The van der Waals surface area contributed by atoms with E-state index in [9.17, 15) is 13.2 Å². The molecule has 3 aromatic carbocycles. The molecule has 8 heteroatoms. The number of hydrogen-bond acceptors (Lipinski definition) is 6. The Morgan fingerprint density at radius 3 is 1.94 bits per heavy atom. The van der Waals surface area contributed by atoms with Gasteiger partial charge in [-0.1, -0.05) is 35.9 Å². The average molecular weight is 470 g/mol. The lowest BCUT2D eigenvalue weighted by Gasteiger charge is -2.23. The Morgan fingerprint density at radius 2 is 1.36 bits per heavy atom. The van der Waals surface area contributed by atoms with Gasteiger partial charge < -0.3 is 14.2 Å². The second kappa shape index (κ2) is 10.5. The van der Waals surface area contributed by atoms with Crippen molar-refractivity contribution in [1.82, 2.24) is 4.31 Å². The summed E-state index contributed by atoms with van der Waals surface area (Å²) in [7, 11) is 0.582. The predicted octanol–water partition coefficient (Wildman–Crippen LogP) is 4.19. The number of rotatable bonds is 9. The minimum absolute atomic E-state index is 0.117. The number of nitrogens with zero attached hydrogens (tertiary/aromatic N) is 1. The van der Waals surface area contributed by atoms with Crippen LogP contribution in [0.5, 0.6) is 11.5 Å². The Morgan fingerprint density at radius 1 is 0.788 bits per heavy atom. The summed E-state index contributed by atoms with van der Waals surface area (Å²) in [6, 6.07) is 18.7. The number of aryl methyl sites for hydroxylation is 1. The number of benzene rings is 3. The highest BCUT2D eigenvalue weighted by atomic mass is 32.2. The maximum Gasteiger partial charge on any atom is 0.337 e. The first kappa shape index (κ1) is 24.3. The Kier molecular flexibility index (Phi) is 7.73. The van der Waals surface area contributed by atoms with Crippen molar-refractivity contribution in [3.05, 3.63) is 89.0 Å². The van der Waals surface area contributed by atoms with Crippen LogP contribution in [0.4, 0.5) is 0 Å². The van der Waals surface area contributed by atoms with Crippen LogP contribution >= 0.6 is 0 Å². The van der Waals surface area contributed by atoms with Crippen molar-refractivity contribution in [3.63, 3.8) is 0 Å². The van der Waals surface area contributed by atoms with Gasteiger partial charge in [0.2, 0.25) is 10.0 Å². The third-order valence-electron chi connectivity index (χ3n) is 5.20. The molecule has 0 spiro atoms. The van der Waals surface area contributed by atoms with Gasteiger partial charge in [-0.3, -0.25) is 0 Å². The van der Waals surface area contributed by atoms with Gasteiger partial charge in [-0.05, 0) is 54.4 Å². The zero-order chi connectivity index (χ0) is 24.0. The molecule has 33 heavy (non-hydrogen) atoms. The van der Waals surface area contributed by atoms with Crippen LogP contribution in [-0.4, -0.2) is 40.0 Å². The smallest absolute Gasteiger partial charge is 0.337 e. The van der Waals surface area contributed by atoms with Gasteiger partial charge in [-0.15, -0.1) is 0 Å². The molecule has 3 aromatic rings. The summed E-state index contributed by atoms with van der Waals surface area (Å²) in [5.41, 5.74) is 2.85. The van der Waals surface area contributed by atoms with E-state index in [0.717, 1.165) is 16.7 Å². The largest absolute Gasteiger partial charge is 0.493 e. The van der Waals surface area contributed by atoms with Crippen LogP contribution < -0.4 is 9.47 Å². The van der Waals surface area contributed by atoms with Crippen molar-refractivity contribution in [2.24, 2.45) is 0 Å². The number of sulfonamides is 1. The first-order valence-corrected chi connectivity index (χ1v) is 11.7. The maximum absolute atomic E-state index is 13.5. The predicted molar refractivity (Wildman–Crippen MR) is 125 cm³/mol. The van der Waals surface area contributed by atoms with E-state index in [0.29, 0.717) is 17.1 Å². The fourth-order valence-corrected chi connectivity index (χ4v) is 4.75. The van der Waals surface area contributed by atoms with Crippen molar-refractivity contribution < 1.29 is 27.4 Å². The van der Waals surface area contributed by atoms with Crippen LogP contribution in [0.15, 0.2) is 71.6 Å². The van der Waals surface area contributed by atoms with Crippen molar-refractivity contribution in [2.75, 3.05) is 21.3 Å². The quantitative estimate of drug-likeness (QED) is 0.437. The summed E-state index contributed by atoms with van der Waals surface area (Å²) in [4.78, 5) is 11.9. The highest BCUT2D eigenvalue weighted by molar-refractivity contribution is 7.89. The molecule has 0 aliphatic rings. The van der Waals surface area contributed by atoms with Crippen molar-refractivity contribution in [2.45, 2.75) is 24.9 Å². The van der Waals surface area contributed by atoms with E-state index in [1.54, 1.807) is 73.8 Å². The van der Waals surface area contributed by atoms with Gasteiger partial charge in [0.1, 0.15) is 0 Å². The fraction of sp³-hybridized carbons (Fsp3) is 0.240. The molecule has 0 unspecified atom stereocenters. The maximum atomic E-state index is 13.5. The van der Waals surface area contributed by atoms with Crippen molar-refractivity contribution >= 4 is 16.0 Å². The Balaban J connectivity index is 1.97. The van der Waals surface area contributed by atoms with E-state index < -0.39 is 16.0 Å². The van der Waals surface area contributed by atoms with Crippen molar-refractivity contribution in [1.29, 1.82) is 0 Å². The Bertz CT molecular complexity index is 1200. The van der Waals surface area contributed by atoms with Crippen LogP contribution in [-0.2, 0) is 27.8 Å². The molecule has 0 bridgehead atoms. The summed E-state index contributed by atoms with van der Waals surface area (Å²) in [6.07, 6.45) is 0. The molecule has 0 aliphatic carbocycles. The molecule has 0 amide bonds. The summed E-state index contributed by atoms with van der Waals surface area (Å²) in [5, 5.41) is 0. The first-order valence-electron chi connectivity index (χ1n) is 10.2. The number of carbonyl (C=O) groups excluding carboxylic acids is 1. The number of methoxy groups -OCH3 is 3. The van der Waals surface area contributed by atoms with E-state index >= 15 is 0 Å². The topological polar surface area (TPSA) is 82.1 Å². The molecule has 0 N–H and O–H groups in total. The van der Waals surface area contributed by atoms with Crippen molar-refractivity contribution in [3.8, 4) is 11.5 Å². The number of carbonyl (C=O) groups is 1. The standard InChI is InChI=1S/C25H27NO6S/c1-18-5-12-22(13-6-18)33(28,29)26(16-19-7-10-21(11-8-19)25(27)32-4)17-20-9-14-23(30-2)24(15-20)31-3/h5-15H,16-17H2,1-4H3. The van der Waals surface area contributed by atoms with E-state index in [2.05, 4.69) is 0 Å². The minimum Gasteiger partial charge on any atom is -0.493 e. The summed E-state index contributed by atoms with van der Waals surface area (Å²) < 4.78 is 43.9. The van der Waals surface area contributed by atoms with Crippen LogP contribution in [0.3, 0.4) is 0 Å². The fourth-order valence-electron chi connectivity index (χ4n) is 3.34. The lowest BCUT2D eigenvalue weighted by Crippen LogP contribution is -2.30. The first-order chi connectivity index (χ1) is 15.8. The molecule has 0 saturated carbocycles. The van der Waals surface area contributed by atoms with Crippen LogP contribution in [0.2, 0.25) is 0 Å². The third-order valence-corrected chi connectivity index (χ3v) is 7.01. The van der Waals surface area contributed by atoms with E-state index in [1.165, 1.54) is 18.5 Å². The van der Waals surface area contributed by atoms with Crippen LogP contribution in [0.25, 0.3) is 0 Å². The third kappa shape index (κ3) is 5.71. The van der Waals surface area contributed by atoms with Gasteiger partial charge in [-0.2, -0.15) is 4.31 Å². The highest BCUT2D eigenvalue weighted by Crippen LogP contribution is 2.29. The zero-order valence-corrected chi connectivity index (χ0v) is 19.9. The van der Waals surface area contributed by atoms with Gasteiger partial charge in [0, 0.05) is 13.1 Å². The van der Waals surface area contributed by atoms with Crippen LogP contribution in [0, 0.1) is 6.92 Å². The number of ether oxygens (including phenoxy) is 3. The lowest BCUT2D eigenvalue weighted by molar-refractivity contribution is 0.0600. The monoisotopic (exact) mass is 469 g/mol. The lowest BCUT2D eigenvalue weighted by atomic mass is 10.1. The molecule has 0 heterocycles. The number of esters is 1. The Labute approximate surface area is 194 Å². The van der Waals surface area contributed by atoms with Gasteiger partial charge in [0.05, 0.1) is 31.8 Å².